The van der Waals surface area contributed by atoms with Crippen molar-refractivity contribution in [3.63, 3.8) is 0 Å². The van der Waals surface area contributed by atoms with E-state index in [0.717, 1.165) is 11.1 Å². The number of hydrogen-bond acceptors (Lipinski definition) is 3. The standard InChI is InChI=1S/C12H14ClN3O/c1-16-7-9(6-15-16)12(14)8-3-4-11(17-2)10(13)5-8/h3-7,12H,14H2,1-2H3/t12-/m0/s1. The predicted octanol–water partition coefficient (Wildman–Crippen LogP) is 2.13. The highest BCUT2D eigenvalue weighted by molar-refractivity contribution is 6.32. The first kappa shape index (κ1) is 12.0. The third kappa shape index (κ3) is 2.43. The molecule has 5 heteroatoms. The van der Waals surface area contributed by atoms with Crippen LogP contribution in [0.5, 0.6) is 5.75 Å². The van der Waals surface area contributed by atoms with Gasteiger partial charge in [-0.1, -0.05) is 17.7 Å². The molecule has 0 fully saturated rings. The Labute approximate surface area is 105 Å². The van der Waals surface area contributed by atoms with Gasteiger partial charge in [0, 0.05) is 18.8 Å². The fourth-order valence-electron chi connectivity index (χ4n) is 1.67. The SMILES string of the molecule is COc1ccc([C@H](N)c2cnn(C)c2)cc1Cl. The minimum atomic E-state index is -0.230. The summed E-state index contributed by atoms with van der Waals surface area (Å²) < 4.78 is 6.82. The highest BCUT2D eigenvalue weighted by Crippen LogP contribution is 2.28. The number of rotatable bonds is 3. The maximum atomic E-state index is 6.14. The molecule has 0 aliphatic rings. The van der Waals surface area contributed by atoms with Crippen LogP contribution in [0.3, 0.4) is 0 Å². The minimum absolute atomic E-state index is 0.230. The number of methoxy groups -OCH3 is 1. The largest absolute Gasteiger partial charge is 0.495 e. The summed E-state index contributed by atoms with van der Waals surface area (Å²) in [5.74, 6) is 0.647. The molecule has 0 saturated heterocycles. The molecule has 1 heterocycles. The van der Waals surface area contributed by atoms with Crippen LogP contribution in [0.4, 0.5) is 0 Å². The Kier molecular flexibility index (Phi) is 3.36. The first-order valence-electron chi connectivity index (χ1n) is 5.19. The zero-order valence-corrected chi connectivity index (χ0v) is 10.5. The second-order valence-electron chi connectivity index (χ2n) is 3.82. The molecule has 0 aliphatic carbocycles. The molecule has 0 amide bonds. The van der Waals surface area contributed by atoms with E-state index in [1.807, 2.05) is 31.4 Å². The molecule has 0 spiro atoms. The molecule has 1 aromatic carbocycles. The number of halogens is 1. The van der Waals surface area contributed by atoms with Crippen LogP contribution in [-0.2, 0) is 7.05 Å². The Morgan fingerprint density at radius 3 is 2.71 bits per heavy atom. The van der Waals surface area contributed by atoms with Crippen molar-refractivity contribution in [2.75, 3.05) is 7.11 Å². The highest BCUT2D eigenvalue weighted by atomic mass is 35.5. The summed E-state index contributed by atoms with van der Waals surface area (Å²) in [5.41, 5.74) is 8.02. The Bertz CT molecular complexity index is 524. The molecule has 4 nitrogen and oxygen atoms in total. The van der Waals surface area contributed by atoms with Crippen LogP contribution in [0.15, 0.2) is 30.6 Å². The average Bonchev–Trinajstić information content (AvgIpc) is 2.75. The molecule has 17 heavy (non-hydrogen) atoms. The summed E-state index contributed by atoms with van der Waals surface area (Å²) in [4.78, 5) is 0. The van der Waals surface area contributed by atoms with Crippen molar-refractivity contribution in [3.05, 3.63) is 46.7 Å². The molecule has 0 aliphatic heterocycles. The third-order valence-corrected chi connectivity index (χ3v) is 2.91. The molecule has 2 rings (SSSR count). The molecular weight excluding hydrogens is 238 g/mol. The number of hydrogen-bond donors (Lipinski definition) is 1. The van der Waals surface area contributed by atoms with Crippen molar-refractivity contribution in [1.82, 2.24) is 9.78 Å². The molecule has 0 saturated carbocycles. The van der Waals surface area contributed by atoms with Crippen molar-refractivity contribution < 1.29 is 4.74 Å². The number of aryl methyl sites for hydroxylation is 1. The first-order valence-corrected chi connectivity index (χ1v) is 5.57. The van der Waals surface area contributed by atoms with E-state index in [1.165, 1.54) is 0 Å². The lowest BCUT2D eigenvalue weighted by Gasteiger charge is -2.11. The topological polar surface area (TPSA) is 53.1 Å². The maximum absolute atomic E-state index is 6.14. The summed E-state index contributed by atoms with van der Waals surface area (Å²) in [6.07, 6.45) is 3.64. The van der Waals surface area contributed by atoms with Crippen LogP contribution in [0.1, 0.15) is 17.2 Å². The molecular formula is C12H14ClN3O. The van der Waals surface area contributed by atoms with Crippen molar-refractivity contribution in [3.8, 4) is 5.75 Å². The van der Waals surface area contributed by atoms with E-state index in [-0.39, 0.29) is 6.04 Å². The normalized spacial score (nSPS) is 12.5. The summed E-state index contributed by atoms with van der Waals surface area (Å²) in [6.45, 7) is 0. The Balaban J connectivity index is 2.31. The summed E-state index contributed by atoms with van der Waals surface area (Å²) in [6, 6.07) is 5.31. The van der Waals surface area contributed by atoms with Gasteiger partial charge >= 0.3 is 0 Å². The van der Waals surface area contributed by atoms with Gasteiger partial charge in [-0.2, -0.15) is 5.10 Å². The van der Waals surface area contributed by atoms with Gasteiger partial charge in [0.05, 0.1) is 24.4 Å². The minimum Gasteiger partial charge on any atom is -0.495 e. The fourth-order valence-corrected chi connectivity index (χ4v) is 1.94. The van der Waals surface area contributed by atoms with Gasteiger partial charge in [-0.05, 0) is 17.7 Å². The third-order valence-electron chi connectivity index (χ3n) is 2.62. The van der Waals surface area contributed by atoms with Crippen molar-refractivity contribution >= 4 is 11.6 Å². The number of ether oxygens (including phenoxy) is 1. The summed E-state index contributed by atoms with van der Waals surface area (Å²) in [7, 11) is 3.44. The molecule has 0 bridgehead atoms. The van der Waals surface area contributed by atoms with Gasteiger partial charge in [0.25, 0.3) is 0 Å². The van der Waals surface area contributed by atoms with Gasteiger partial charge in [0.15, 0.2) is 0 Å². The predicted molar refractivity (Wildman–Crippen MR) is 67.2 cm³/mol. The van der Waals surface area contributed by atoms with Crippen molar-refractivity contribution in [1.29, 1.82) is 0 Å². The first-order chi connectivity index (χ1) is 8.11. The molecule has 2 N–H and O–H groups in total. The number of aromatic nitrogens is 2. The Hall–Kier alpha value is -1.52. The van der Waals surface area contributed by atoms with E-state index in [2.05, 4.69) is 5.10 Å². The molecule has 1 atom stereocenters. The van der Waals surface area contributed by atoms with E-state index in [1.54, 1.807) is 18.0 Å². The average molecular weight is 252 g/mol. The lowest BCUT2D eigenvalue weighted by atomic mass is 10.0. The monoisotopic (exact) mass is 251 g/mol. The van der Waals surface area contributed by atoms with Gasteiger partial charge < -0.3 is 10.5 Å². The van der Waals surface area contributed by atoms with Crippen LogP contribution < -0.4 is 10.5 Å². The van der Waals surface area contributed by atoms with Crippen LogP contribution in [0.25, 0.3) is 0 Å². The van der Waals surface area contributed by atoms with Crippen LogP contribution >= 0.6 is 11.6 Å². The highest BCUT2D eigenvalue weighted by Gasteiger charge is 2.12. The van der Waals surface area contributed by atoms with E-state index in [0.29, 0.717) is 10.8 Å². The molecule has 1 aromatic heterocycles. The smallest absolute Gasteiger partial charge is 0.137 e. The lowest BCUT2D eigenvalue weighted by molar-refractivity contribution is 0.415. The maximum Gasteiger partial charge on any atom is 0.137 e. The van der Waals surface area contributed by atoms with E-state index in [4.69, 9.17) is 22.1 Å². The zero-order valence-electron chi connectivity index (χ0n) is 9.72. The van der Waals surface area contributed by atoms with Crippen molar-refractivity contribution in [2.24, 2.45) is 12.8 Å². The number of nitrogens with two attached hydrogens (primary N) is 1. The second kappa shape index (κ2) is 4.77. The molecule has 90 valence electrons. The zero-order chi connectivity index (χ0) is 12.4. The number of benzene rings is 1. The second-order valence-corrected chi connectivity index (χ2v) is 4.23. The van der Waals surface area contributed by atoms with Gasteiger partial charge in [-0.15, -0.1) is 0 Å². The quantitative estimate of drug-likeness (QED) is 0.909. The van der Waals surface area contributed by atoms with Crippen LogP contribution in [0, 0.1) is 0 Å². The summed E-state index contributed by atoms with van der Waals surface area (Å²) in [5, 5.41) is 4.66. The van der Waals surface area contributed by atoms with Gasteiger partial charge in [-0.3, -0.25) is 4.68 Å². The van der Waals surface area contributed by atoms with Gasteiger partial charge in [0.2, 0.25) is 0 Å². The number of nitrogens with zero attached hydrogens (tertiary/aromatic N) is 2. The van der Waals surface area contributed by atoms with Gasteiger partial charge in [0.1, 0.15) is 5.75 Å². The Morgan fingerprint density at radius 2 is 2.18 bits per heavy atom. The van der Waals surface area contributed by atoms with Gasteiger partial charge in [-0.25, -0.2) is 0 Å². The van der Waals surface area contributed by atoms with E-state index < -0.39 is 0 Å². The molecule has 2 aromatic rings. The fraction of sp³-hybridized carbons (Fsp3) is 0.250. The lowest BCUT2D eigenvalue weighted by Crippen LogP contribution is -2.11. The molecule has 0 radical (unpaired) electrons. The van der Waals surface area contributed by atoms with E-state index >= 15 is 0 Å². The van der Waals surface area contributed by atoms with Crippen LogP contribution in [-0.4, -0.2) is 16.9 Å². The van der Waals surface area contributed by atoms with Crippen molar-refractivity contribution in [2.45, 2.75) is 6.04 Å². The van der Waals surface area contributed by atoms with Crippen LogP contribution in [0.2, 0.25) is 5.02 Å². The summed E-state index contributed by atoms with van der Waals surface area (Å²) >= 11 is 6.06. The van der Waals surface area contributed by atoms with E-state index in [9.17, 15) is 0 Å². The molecule has 0 unspecified atom stereocenters. The Morgan fingerprint density at radius 1 is 1.41 bits per heavy atom.